The van der Waals surface area contributed by atoms with Crippen molar-refractivity contribution in [2.45, 2.75) is 25.4 Å². The molecule has 0 saturated heterocycles. The van der Waals surface area contributed by atoms with Crippen LogP contribution in [0.4, 0.5) is 0 Å². The van der Waals surface area contributed by atoms with Crippen LogP contribution in [0.1, 0.15) is 18.4 Å². The molecule has 86 valence electrons. The Bertz CT molecular complexity index is 450. The van der Waals surface area contributed by atoms with E-state index in [2.05, 4.69) is 17.1 Å². The minimum absolute atomic E-state index is 0.279. The number of rotatable bonds is 5. The first-order valence-corrected chi connectivity index (χ1v) is 5.74. The maximum absolute atomic E-state index is 9.63. The molecule has 0 aliphatic rings. The van der Waals surface area contributed by atoms with Crippen molar-refractivity contribution in [1.29, 1.82) is 0 Å². The van der Waals surface area contributed by atoms with E-state index >= 15 is 0 Å². The monoisotopic (exact) mass is 218 g/mol. The third kappa shape index (κ3) is 2.43. The van der Waals surface area contributed by atoms with Crippen molar-refractivity contribution in [3.05, 3.63) is 36.0 Å². The van der Waals surface area contributed by atoms with Crippen molar-refractivity contribution in [3.63, 3.8) is 0 Å². The Hall–Kier alpha value is -1.32. The fourth-order valence-corrected chi connectivity index (χ4v) is 2.00. The largest absolute Gasteiger partial charge is 0.393 e. The standard InChI is InChI=1S/C13H18N2O/c14-8-7-11(16)6-5-10-9-15-13-4-2-1-3-12(10)13/h1-4,9,11,15-16H,5-8,14H2/t11-/m1/s1. The van der Waals surface area contributed by atoms with Gasteiger partial charge in [0.25, 0.3) is 0 Å². The highest BCUT2D eigenvalue weighted by Gasteiger charge is 2.06. The summed E-state index contributed by atoms with van der Waals surface area (Å²) in [4.78, 5) is 3.24. The molecule has 1 aromatic carbocycles. The van der Waals surface area contributed by atoms with Gasteiger partial charge >= 0.3 is 0 Å². The lowest BCUT2D eigenvalue weighted by Gasteiger charge is -2.07. The van der Waals surface area contributed by atoms with Crippen LogP contribution in [0.15, 0.2) is 30.5 Å². The first kappa shape index (κ1) is 11.2. The maximum Gasteiger partial charge on any atom is 0.0555 e. The van der Waals surface area contributed by atoms with Gasteiger partial charge < -0.3 is 15.8 Å². The summed E-state index contributed by atoms with van der Waals surface area (Å²) in [6.07, 6.45) is 4.10. The highest BCUT2D eigenvalue weighted by molar-refractivity contribution is 5.82. The zero-order valence-electron chi connectivity index (χ0n) is 9.32. The molecule has 0 bridgehead atoms. The van der Waals surface area contributed by atoms with Crippen LogP contribution in [-0.4, -0.2) is 22.7 Å². The zero-order chi connectivity index (χ0) is 11.4. The van der Waals surface area contributed by atoms with E-state index < -0.39 is 0 Å². The van der Waals surface area contributed by atoms with Crippen LogP contribution < -0.4 is 5.73 Å². The molecule has 0 aliphatic carbocycles. The summed E-state index contributed by atoms with van der Waals surface area (Å²) in [5, 5.41) is 10.9. The highest BCUT2D eigenvalue weighted by atomic mass is 16.3. The van der Waals surface area contributed by atoms with Gasteiger partial charge in [0.05, 0.1) is 6.10 Å². The Morgan fingerprint density at radius 3 is 2.88 bits per heavy atom. The summed E-state index contributed by atoms with van der Waals surface area (Å²) in [5.74, 6) is 0. The summed E-state index contributed by atoms with van der Waals surface area (Å²) >= 11 is 0. The fraction of sp³-hybridized carbons (Fsp3) is 0.385. The number of hydrogen-bond acceptors (Lipinski definition) is 2. The quantitative estimate of drug-likeness (QED) is 0.716. The fourth-order valence-electron chi connectivity index (χ4n) is 2.00. The van der Waals surface area contributed by atoms with E-state index in [0.717, 1.165) is 18.4 Å². The van der Waals surface area contributed by atoms with Crippen molar-refractivity contribution < 1.29 is 5.11 Å². The number of aliphatic hydroxyl groups excluding tert-OH is 1. The molecule has 3 nitrogen and oxygen atoms in total. The van der Waals surface area contributed by atoms with E-state index in [1.54, 1.807) is 0 Å². The second-order valence-corrected chi connectivity index (χ2v) is 4.13. The van der Waals surface area contributed by atoms with E-state index in [-0.39, 0.29) is 6.10 Å². The van der Waals surface area contributed by atoms with Crippen LogP contribution in [0.25, 0.3) is 10.9 Å². The van der Waals surface area contributed by atoms with E-state index in [0.29, 0.717) is 13.0 Å². The number of aliphatic hydroxyl groups is 1. The minimum Gasteiger partial charge on any atom is -0.393 e. The van der Waals surface area contributed by atoms with Gasteiger partial charge in [0, 0.05) is 17.1 Å². The predicted octanol–water partition coefficient (Wildman–Crippen LogP) is 1.81. The summed E-state index contributed by atoms with van der Waals surface area (Å²) in [7, 11) is 0. The molecule has 0 spiro atoms. The van der Waals surface area contributed by atoms with Crippen LogP contribution in [0.2, 0.25) is 0 Å². The molecule has 1 aromatic heterocycles. The maximum atomic E-state index is 9.63. The topological polar surface area (TPSA) is 62.0 Å². The SMILES string of the molecule is NCC[C@H](O)CCc1c[nH]c2ccccc12. The van der Waals surface area contributed by atoms with Gasteiger partial charge in [0.1, 0.15) is 0 Å². The second-order valence-electron chi connectivity index (χ2n) is 4.13. The van der Waals surface area contributed by atoms with E-state index in [1.165, 1.54) is 10.9 Å². The first-order valence-electron chi connectivity index (χ1n) is 5.74. The molecular weight excluding hydrogens is 200 g/mol. The van der Waals surface area contributed by atoms with E-state index in [9.17, 15) is 5.11 Å². The van der Waals surface area contributed by atoms with Crippen molar-refractivity contribution in [2.75, 3.05) is 6.54 Å². The second kappa shape index (κ2) is 5.14. The number of fused-ring (bicyclic) bond motifs is 1. The average Bonchev–Trinajstić information content (AvgIpc) is 2.70. The molecule has 0 unspecified atom stereocenters. The molecule has 2 rings (SSSR count). The van der Waals surface area contributed by atoms with Crippen LogP contribution >= 0.6 is 0 Å². The van der Waals surface area contributed by atoms with Gasteiger partial charge in [0.15, 0.2) is 0 Å². The molecule has 0 radical (unpaired) electrons. The third-order valence-corrected chi connectivity index (χ3v) is 2.92. The first-order chi connectivity index (χ1) is 7.81. The molecule has 16 heavy (non-hydrogen) atoms. The molecule has 0 amide bonds. The summed E-state index contributed by atoms with van der Waals surface area (Å²) in [6.45, 7) is 0.551. The number of nitrogens with one attached hydrogen (secondary N) is 1. The van der Waals surface area contributed by atoms with Crippen LogP contribution in [0, 0.1) is 0 Å². The number of benzene rings is 1. The Balaban J connectivity index is 2.04. The predicted molar refractivity (Wildman–Crippen MR) is 66.3 cm³/mol. The van der Waals surface area contributed by atoms with Gasteiger partial charge in [0.2, 0.25) is 0 Å². The number of para-hydroxylation sites is 1. The normalized spacial score (nSPS) is 13.1. The summed E-state index contributed by atoms with van der Waals surface area (Å²) in [5.41, 5.74) is 7.83. The molecule has 1 heterocycles. The van der Waals surface area contributed by atoms with Crippen LogP contribution in [0.5, 0.6) is 0 Å². The van der Waals surface area contributed by atoms with Crippen molar-refractivity contribution >= 4 is 10.9 Å². The lowest BCUT2D eigenvalue weighted by atomic mass is 10.0. The smallest absolute Gasteiger partial charge is 0.0555 e. The number of hydrogen-bond donors (Lipinski definition) is 3. The minimum atomic E-state index is -0.279. The molecule has 2 aromatic rings. The van der Waals surface area contributed by atoms with Gasteiger partial charge in [-0.15, -0.1) is 0 Å². The van der Waals surface area contributed by atoms with Gasteiger partial charge in [-0.05, 0) is 37.4 Å². The molecular formula is C13H18N2O. The Morgan fingerprint density at radius 1 is 1.25 bits per heavy atom. The number of H-pyrrole nitrogens is 1. The lowest BCUT2D eigenvalue weighted by molar-refractivity contribution is 0.157. The van der Waals surface area contributed by atoms with Crippen LogP contribution in [-0.2, 0) is 6.42 Å². The molecule has 1 atom stereocenters. The van der Waals surface area contributed by atoms with E-state index in [1.807, 2.05) is 18.3 Å². The van der Waals surface area contributed by atoms with Crippen molar-refractivity contribution in [1.82, 2.24) is 4.98 Å². The van der Waals surface area contributed by atoms with Gasteiger partial charge in [-0.3, -0.25) is 0 Å². The molecule has 0 saturated carbocycles. The lowest BCUT2D eigenvalue weighted by Crippen LogP contribution is -2.13. The Morgan fingerprint density at radius 2 is 2.06 bits per heavy atom. The molecule has 0 fully saturated rings. The summed E-state index contributed by atoms with van der Waals surface area (Å²) in [6, 6.07) is 8.23. The molecule has 3 heteroatoms. The third-order valence-electron chi connectivity index (χ3n) is 2.92. The average molecular weight is 218 g/mol. The molecule has 0 aliphatic heterocycles. The van der Waals surface area contributed by atoms with Crippen LogP contribution in [0.3, 0.4) is 0 Å². The highest BCUT2D eigenvalue weighted by Crippen LogP contribution is 2.19. The number of nitrogens with two attached hydrogens (primary N) is 1. The van der Waals surface area contributed by atoms with E-state index in [4.69, 9.17) is 5.73 Å². The zero-order valence-corrected chi connectivity index (χ0v) is 9.32. The number of aromatic nitrogens is 1. The number of aryl methyl sites for hydroxylation is 1. The van der Waals surface area contributed by atoms with Crippen molar-refractivity contribution in [3.8, 4) is 0 Å². The van der Waals surface area contributed by atoms with Gasteiger partial charge in [-0.25, -0.2) is 0 Å². The van der Waals surface area contributed by atoms with Crippen molar-refractivity contribution in [2.24, 2.45) is 5.73 Å². The van der Waals surface area contributed by atoms with Gasteiger partial charge in [-0.2, -0.15) is 0 Å². The van der Waals surface area contributed by atoms with Gasteiger partial charge in [-0.1, -0.05) is 18.2 Å². The Labute approximate surface area is 95.3 Å². The molecule has 4 N–H and O–H groups in total. The number of aromatic amines is 1. The summed E-state index contributed by atoms with van der Waals surface area (Å²) < 4.78 is 0. The Kier molecular flexibility index (Phi) is 3.59.